The van der Waals surface area contributed by atoms with Gasteiger partial charge in [0.2, 0.25) is 0 Å². The van der Waals surface area contributed by atoms with Gasteiger partial charge < -0.3 is 24.8 Å². The van der Waals surface area contributed by atoms with E-state index in [-0.39, 0.29) is 43.0 Å². The first-order valence-corrected chi connectivity index (χ1v) is 7.71. The van der Waals surface area contributed by atoms with E-state index in [1.54, 1.807) is 24.3 Å². The molecular weight excluding hydrogens is 312 g/mol. The smallest absolute Gasteiger partial charge is 0.337 e. The lowest BCUT2D eigenvalue weighted by Gasteiger charge is -2.15. The number of carbonyl (C=O) groups is 2. The van der Waals surface area contributed by atoms with Gasteiger partial charge in [0.1, 0.15) is 11.4 Å². The van der Waals surface area contributed by atoms with Gasteiger partial charge in [-0.15, -0.1) is 0 Å². The number of carbonyl (C=O) groups excluding carboxylic acids is 2. The van der Waals surface area contributed by atoms with Crippen molar-refractivity contribution in [3.05, 3.63) is 35.5 Å². The van der Waals surface area contributed by atoms with Crippen molar-refractivity contribution in [3.63, 3.8) is 0 Å². The molecule has 0 radical (unpaired) electrons. The van der Waals surface area contributed by atoms with Crippen LogP contribution in [0.4, 0.5) is 5.69 Å². The van der Waals surface area contributed by atoms with E-state index >= 15 is 0 Å². The van der Waals surface area contributed by atoms with Crippen molar-refractivity contribution in [1.82, 2.24) is 4.90 Å². The predicted octanol–water partition coefficient (Wildman–Crippen LogP) is 1.15. The molecule has 130 valence electrons. The van der Waals surface area contributed by atoms with Gasteiger partial charge in [-0.05, 0) is 38.1 Å². The summed E-state index contributed by atoms with van der Waals surface area (Å²) in [6.07, 6.45) is 0.0703. The van der Waals surface area contributed by atoms with Crippen LogP contribution in [0.15, 0.2) is 35.5 Å². The number of hydrogen-bond acceptors (Lipinski definition) is 6. The number of aliphatic hydroxyl groups is 1. The lowest BCUT2D eigenvalue weighted by atomic mass is 10.2. The molecule has 2 N–H and O–H groups in total. The van der Waals surface area contributed by atoms with Gasteiger partial charge in [-0.2, -0.15) is 0 Å². The zero-order valence-electron chi connectivity index (χ0n) is 14.0. The molecule has 7 heteroatoms. The van der Waals surface area contributed by atoms with E-state index in [1.165, 1.54) is 12.0 Å². The first-order valence-electron chi connectivity index (χ1n) is 7.71. The average Bonchev–Trinajstić information content (AvgIpc) is 2.85. The Morgan fingerprint density at radius 2 is 2.00 bits per heavy atom. The Morgan fingerprint density at radius 3 is 2.54 bits per heavy atom. The zero-order chi connectivity index (χ0) is 17.7. The molecule has 0 fully saturated rings. The normalized spacial score (nSPS) is 14.4. The second kappa shape index (κ2) is 7.83. The van der Waals surface area contributed by atoms with Crippen LogP contribution < -0.4 is 10.1 Å². The molecule has 1 aliphatic heterocycles. The Kier molecular flexibility index (Phi) is 5.81. The van der Waals surface area contributed by atoms with Crippen LogP contribution in [0.5, 0.6) is 5.75 Å². The number of methoxy groups -OCH3 is 1. The SMILES string of the molecule is COC(=O)C1=C(Nc2ccc(OC(C)C)cc2)C(=O)N(CCO)C1. The second-order valence-corrected chi connectivity index (χ2v) is 5.61. The summed E-state index contributed by atoms with van der Waals surface area (Å²) in [7, 11) is 1.27. The van der Waals surface area contributed by atoms with E-state index in [9.17, 15) is 9.59 Å². The molecule has 0 unspecified atom stereocenters. The monoisotopic (exact) mass is 334 g/mol. The van der Waals surface area contributed by atoms with E-state index in [2.05, 4.69) is 5.32 Å². The number of nitrogens with zero attached hydrogens (tertiary/aromatic N) is 1. The van der Waals surface area contributed by atoms with Gasteiger partial charge >= 0.3 is 5.97 Å². The van der Waals surface area contributed by atoms with Crippen molar-refractivity contribution in [2.45, 2.75) is 20.0 Å². The first kappa shape index (κ1) is 17.8. The molecule has 0 aromatic heterocycles. The van der Waals surface area contributed by atoms with Crippen molar-refractivity contribution in [1.29, 1.82) is 0 Å². The molecule has 0 saturated carbocycles. The molecule has 0 saturated heterocycles. The fourth-order valence-corrected chi connectivity index (χ4v) is 2.38. The highest BCUT2D eigenvalue weighted by Gasteiger charge is 2.34. The molecule has 0 bridgehead atoms. The van der Waals surface area contributed by atoms with Crippen LogP contribution in [0.1, 0.15) is 13.8 Å². The number of nitrogens with one attached hydrogen (secondary N) is 1. The Hall–Kier alpha value is -2.54. The van der Waals surface area contributed by atoms with Crippen LogP contribution in [0.3, 0.4) is 0 Å². The maximum absolute atomic E-state index is 12.4. The van der Waals surface area contributed by atoms with Gasteiger partial charge in [-0.3, -0.25) is 4.79 Å². The van der Waals surface area contributed by atoms with Gasteiger partial charge in [0.05, 0.1) is 31.9 Å². The summed E-state index contributed by atoms with van der Waals surface area (Å²) >= 11 is 0. The highest BCUT2D eigenvalue weighted by atomic mass is 16.5. The van der Waals surface area contributed by atoms with Gasteiger partial charge in [0, 0.05) is 12.2 Å². The third-order valence-corrected chi connectivity index (χ3v) is 3.45. The van der Waals surface area contributed by atoms with Crippen LogP contribution in [-0.4, -0.2) is 54.8 Å². The van der Waals surface area contributed by atoms with Crippen LogP contribution >= 0.6 is 0 Å². The molecule has 1 amide bonds. The molecule has 7 nitrogen and oxygen atoms in total. The third-order valence-electron chi connectivity index (χ3n) is 3.45. The molecule has 1 aliphatic rings. The molecule has 0 spiro atoms. The van der Waals surface area contributed by atoms with Gasteiger partial charge in [-0.25, -0.2) is 4.79 Å². The number of esters is 1. The largest absolute Gasteiger partial charge is 0.491 e. The Bertz CT molecular complexity index is 637. The number of rotatable bonds is 7. The molecular formula is C17H22N2O5. The van der Waals surface area contributed by atoms with Crippen molar-refractivity contribution >= 4 is 17.6 Å². The molecule has 1 aromatic rings. The number of β-amino-alcohol motifs (C(OH)–C–C–N with tert-alkyl or cyclic N) is 1. The van der Waals surface area contributed by atoms with Crippen molar-refractivity contribution in [2.75, 3.05) is 32.1 Å². The number of ether oxygens (including phenoxy) is 2. The van der Waals surface area contributed by atoms with Gasteiger partial charge in [-0.1, -0.05) is 0 Å². The minimum Gasteiger partial charge on any atom is -0.491 e. The lowest BCUT2D eigenvalue weighted by molar-refractivity contribution is -0.136. The molecule has 2 rings (SSSR count). The minimum absolute atomic E-state index is 0.0703. The third kappa shape index (κ3) is 4.05. The predicted molar refractivity (Wildman–Crippen MR) is 88.5 cm³/mol. The van der Waals surface area contributed by atoms with Crippen LogP contribution in [0.2, 0.25) is 0 Å². The van der Waals surface area contributed by atoms with Crippen LogP contribution in [0.25, 0.3) is 0 Å². The average molecular weight is 334 g/mol. The second-order valence-electron chi connectivity index (χ2n) is 5.61. The molecule has 24 heavy (non-hydrogen) atoms. The van der Waals surface area contributed by atoms with E-state index in [0.717, 1.165) is 5.75 Å². The summed E-state index contributed by atoms with van der Waals surface area (Å²) in [4.78, 5) is 25.7. The minimum atomic E-state index is -0.564. The van der Waals surface area contributed by atoms with E-state index in [1.807, 2.05) is 13.8 Å². The van der Waals surface area contributed by atoms with E-state index < -0.39 is 5.97 Å². The van der Waals surface area contributed by atoms with Crippen molar-refractivity contribution in [3.8, 4) is 5.75 Å². The fraction of sp³-hybridized carbons (Fsp3) is 0.412. The lowest BCUT2D eigenvalue weighted by Crippen LogP contribution is -2.31. The Morgan fingerprint density at radius 1 is 1.33 bits per heavy atom. The van der Waals surface area contributed by atoms with E-state index in [4.69, 9.17) is 14.6 Å². The molecule has 1 heterocycles. The summed E-state index contributed by atoms with van der Waals surface area (Å²) in [5, 5.41) is 12.0. The fourth-order valence-electron chi connectivity index (χ4n) is 2.38. The summed E-state index contributed by atoms with van der Waals surface area (Å²) in [5.74, 6) is -0.185. The maximum atomic E-state index is 12.4. The Balaban J connectivity index is 2.20. The molecule has 1 aromatic carbocycles. The number of amides is 1. The van der Waals surface area contributed by atoms with Gasteiger partial charge in [0.15, 0.2) is 0 Å². The highest BCUT2D eigenvalue weighted by Crippen LogP contribution is 2.24. The van der Waals surface area contributed by atoms with Crippen molar-refractivity contribution < 1.29 is 24.2 Å². The maximum Gasteiger partial charge on any atom is 0.337 e. The number of anilines is 1. The Labute approximate surface area is 140 Å². The standard InChI is InChI=1S/C17H22N2O5/c1-11(2)24-13-6-4-12(5-7-13)18-15-14(17(22)23-3)10-19(8-9-20)16(15)21/h4-7,11,18,20H,8-10H2,1-3H3. The van der Waals surface area contributed by atoms with Crippen molar-refractivity contribution in [2.24, 2.45) is 0 Å². The zero-order valence-corrected chi connectivity index (χ0v) is 14.0. The highest BCUT2D eigenvalue weighted by molar-refractivity contribution is 6.08. The van der Waals surface area contributed by atoms with Crippen LogP contribution in [-0.2, 0) is 14.3 Å². The van der Waals surface area contributed by atoms with E-state index in [0.29, 0.717) is 5.69 Å². The topological polar surface area (TPSA) is 88.1 Å². The quantitative estimate of drug-likeness (QED) is 0.727. The molecule has 0 aliphatic carbocycles. The molecule has 0 atom stereocenters. The number of hydrogen-bond donors (Lipinski definition) is 2. The summed E-state index contributed by atoms with van der Waals surface area (Å²) in [6.45, 7) is 3.97. The van der Waals surface area contributed by atoms with Gasteiger partial charge in [0.25, 0.3) is 5.91 Å². The first-order chi connectivity index (χ1) is 11.5. The number of benzene rings is 1. The summed E-state index contributed by atoms with van der Waals surface area (Å²) in [5.41, 5.74) is 1.08. The summed E-state index contributed by atoms with van der Waals surface area (Å²) in [6, 6.07) is 7.10. The number of aliphatic hydroxyl groups excluding tert-OH is 1. The summed E-state index contributed by atoms with van der Waals surface area (Å²) < 4.78 is 10.3. The van der Waals surface area contributed by atoms with Crippen LogP contribution in [0, 0.1) is 0 Å².